The van der Waals surface area contributed by atoms with E-state index >= 15 is 0 Å². The molecule has 0 unspecified atom stereocenters. The molecule has 0 aliphatic heterocycles. The summed E-state index contributed by atoms with van der Waals surface area (Å²) in [6, 6.07) is 8.65. The molecule has 0 bridgehead atoms. The summed E-state index contributed by atoms with van der Waals surface area (Å²) in [5.74, 6) is 0.940. The van der Waals surface area contributed by atoms with Gasteiger partial charge >= 0.3 is 0 Å². The standard InChI is InChI=1S/C16H16BrNO3/c1-9-12(6-10(17)7-14(9)18)16(19)13-8-11(20-2)4-5-15(13)21-3/h4-8H,18H2,1-3H3. The Morgan fingerprint density at radius 3 is 2.43 bits per heavy atom. The second-order valence-electron chi connectivity index (χ2n) is 4.56. The fourth-order valence-corrected chi connectivity index (χ4v) is 2.55. The smallest absolute Gasteiger partial charge is 0.197 e. The molecular weight excluding hydrogens is 334 g/mol. The van der Waals surface area contributed by atoms with Crippen LogP contribution in [0.3, 0.4) is 0 Å². The van der Waals surface area contributed by atoms with E-state index in [2.05, 4.69) is 15.9 Å². The number of anilines is 1. The third-order valence-corrected chi connectivity index (χ3v) is 3.77. The van der Waals surface area contributed by atoms with E-state index in [9.17, 15) is 4.79 Å². The van der Waals surface area contributed by atoms with Gasteiger partial charge in [0.2, 0.25) is 0 Å². The molecule has 5 heteroatoms. The molecule has 21 heavy (non-hydrogen) atoms. The largest absolute Gasteiger partial charge is 0.497 e. The average Bonchev–Trinajstić information content (AvgIpc) is 2.49. The minimum Gasteiger partial charge on any atom is -0.497 e. The molecule has 0 amide bonds. The highest BCUT2D eigenvalue weighted by Gasteiger charge is 2.19. The van der Waals surface area contributed by atoms with Crippen molar-refractivity contribution < 1.29 is 14.3 Å². The van der Waals surface area contributed by atoms with Crippen molar-refractivity contribution in [2.75, 3.05) is 20.0 Å². The molecule has 2 aromatic carbocycles. The number of ether oxygens (including phenoxy) is 2. The van der Waals surface area contributed by atoms with E-state index in [0.717, 1.165) is 10.0 Å². The van der Waals surface area contributed by atoms with Crippen LogP contribution in [0.1, 0.15) is 21.5 Å². The van der Waals surface area contributed by atoms with Crippen LogP contribution in [0.25, 0.3) is 0 Å². The van der Waals surface area contributed by atoms with E-state index in [-0.39, 0.29) is 5.78 Å². The van der Waals surface area contributed by atoms with Crippen molar-refractivity contribution in [3.8, 4) is 11.5 Å². The molecule has 0 aliphatic carbocycles. The number of ketones is 1. The molecule has 0 aliphatic rings. The Labute approximate surface area is 132 Å². The SMILES string of the molecule is COc1ccc(OC)c(C(=O)c2cc(Br)cc(N)c2C)c1. The Hall–Kier alpha value is -2.01. The van der Waals surface area contributed by atoms with Crippen LogP contribution in [0.5, 0.6) is 11.5 Å². The molecule has 4 nitrogen and oxygen atoms in total. The fraction of sp³-hybridized carbons (Fsp3) is 0.188. The zero-order valence-corrected chi connectivity index (χ0v) is 13.7. The summed E-state index contributed by atoms with van der Waals surface area (Å²) >= 11 is 3.36. The minimum absolute atomic E-state index is 0.156. The molecule has 110 valence electrons. The van der Waals surface area contributed by atoms with Crippen LogP contribution in [0.15, 0.2) is 34.8 Å². The van der Waals surface area contributed by atoms with Crippen LogP contribution in [0, 0.1) is 6.92 Å². The highest BCUT2D eigenvalue weighted by Crippen LogP contribution is 2.30. The number of rotatable bonds is 4. The lowest BCUT2D eigenvalue weighted by atomic mass is 9.97. The van der Waals surface area contributed by atoms with Crippen molar-refractivity contribution in [1.29, 1.82) is 0 Å². The average molecular weight is 350 g/mol. The van der Waals surface area contributed by atoms with E-state index in [1.165, 1.54) is 7.11 Å². The number of nitrogens with two attached hydrogens (primary N) is 1. The van der Waals surface area contributed by atoms with Crippen LogP contribution >= 0.6 is 15.9 Å². The Morgan fingerprint density at radius 2 is 1.81 bits per heavy atom. The Morgan fingerprint density at radius 1 is 1.10 bits per heavy atom. The van der Waals surface area contributed by atoms with Gasteiger partial charge in [0.25, 0.3) is 0 Å². The van der Waals surface area contributed by atoms with Gasteiger partial charge in [-0.1, -0.05) is 15.9 Å². The normalized spacial score (nSPS) is 10.3. The summed E-state index contributed by atoms with van der Waals surface area (Å²) in [7, 11) is 3.08. The molecule has 0 heterocycles. The van der Waals surface area contributed by atoms with Gasteiger partial charge in [-0.25, -0.2) is 0 Å². The van der Waals surface area contributed by atoms with Gasteiger partial charge in [-0.15, -0.1) is 0 Å². The first kappa shape index (κ1) is 15.4. The highest BCUT2D eigenvalue weighted by molar-refractivity contribution is 9.10. The number of nitrogen functional groups attached to an aromatic ring is 1. The van der Waals surface area contributed by atoms with Gasteiger partial charge in [0.15, 0.2) is 5.78 Å². The van der Waals surface area contributed by atoms with Crippen LogP contribution in [-0.2, 0) is 0 Å². The van der Waals surface area contributed by atoms with Gasteiger partial charge in [-0.2, -0.15) is 0 Å². The van der Waals surface area contributed by atoms with Crippen molar-refractivity contribution in [2.45, 2.75) is 6.92 Å². The molecular formula is C16H16BrNO3. The number of hydrogen-bond donors (Lipinski definition) is 1. The van der Waals surface area contributed by atoms with Gasteiger partial charge in [0.05, 0.1) is 19.8 Å². The Bertz CT molecular complexity index is 698. The predicted octanol–water partition coefficient (Wildman–Crippen LogP) is 3.59. The number of carbonyl (C=O) groups is 1. The van der Waals surface area contributed by atoms with Gasteiger partial charge in [-0.3, -0.25) is 4.79 Å². The van der Waals surface area contributed by atoms with E-state index < -0.39 is 0 Å². The maximum absolute atomic E-state index is 12.8. The summed E-state index contributed by atoms with van der Waals surface area (Å²) in [5, 5.41) is 0. The molecule has 0 radical (unpaired) electrons. The molecule has 2 rings (SSSR count). The predicted molar refractivity (Wildman–Crippen MR) is 86.3 cm³/mol. The fourth-order valence-electron chi connectivity index (χ4n) is 2.07. The quantitative estimate of drug-likeness (QED) is 0.676. The monoisotopic (exact) mass is 349 g/mol. The van der Waals surface area contributed by atoms with Gasteiger partial charge in [-0.05, 0) is 42.8 Å². The molecule has 2 N–H and O–H groups in total. The lowest BCUT2D eigenvalue weighted by Gasteiger charge is -2.12. The van der Waals surface area contributed by atoms with E-state index in [1.807, 2.05) is 6.92 Å². The molecule has 2 aromatic rings. The third kappa shape index (κ3) is 3.03. The molecule has 0 fully saturated rings. The van der Waals surface area contributed by atoms with Gasteiger partial charge in [0.1, 0.15) is 11.5 Å². The number of halogens is 1. The van der Waals surface area contributed by atoms with E-state index in [1.54, 1.807) is 37.4 Å². The third-order valence-electron chi connectivity index (χ3n) is 3.31. The summed E-state index contributed by atoms with van der Waals surface area (Å²) in [6.07, 6.45) is 0. The first-order chi connectivity index (χ1) is 9.97. The molecule has 0 spiro atoms. The molecule has 0 aromatic heterocycles. The van der Waals surface area contributed by atoms with Gasteiger partial charge < -0.3 is 15.2 Å². The zero-order chi connectivity index (χ0) is 15.6. The maximum Gasteiger partial charge on any atom is 0.197 e. The number of hydrogen-bond acceptors (Lipinski definition) is 4. The maximum atomic E-state index is 12.8. The molecule has 0 saturated carbocycles. The topological polar surface area (TPSA) is 61.5 Å². The van der Waals surface area contributed by atoms with Crippen molar-refractivity contribution >= 4 is 27.4 Å². The van der Waals surface area contributed by atoms with Crippen LogP contribution < -0.4 is 15.2 Å². The lowest BCUT2D eigenvalue weighted by molar-refractivity contribution is 0.103. The Balaban J connectivity index is 2.59. The molecule has 0 saturated heterocycles. The first-order valence-corrected chi connectivity index (χ1v) is 7.09. The summed E-state index contributed by atoms with van der Waals surface area (Å²) < 4.78 is 11.2. The van der Waals surface area contributed by atoms with Crippen LogP contribution in [-0.4, -0.2) is 20.0 Å². The molecule has 0 atom stereocenters. The number of benzene rings is 2. The van der Waals surface area contributed by atoms with Crippen molar-refractivity contribution in [3.63, 3.8) is 0 Å². The summed E-state index contributed by atoms with van der Waals surface area (Å²) in [5.41, 5.74) is 8.21. The zero-order valence-electron chi connectivity index (χ0n) is 12.1. The second-order valence-corrected chi connectivity index (χ2v) is 5.48. The van der Waals surface area contributed by atoms with Crippen LogP contribution in [0.2, 0.25) is 0 Å². The summed E-state index contributed by atoms with van der Waals surface area (Å²) in [4.78, 5) is 12.8. The van der Waals surface area contributed by atoms with E-state index in [4.69, 9.17) is 15.2 Å². The Kier molecular flexibility index (Phi) is 4.53. The van der Waals surface area contributed by atoms with Crippen LogP contribution in [0.4, 0.5) is 5.69 Å². The highest BCUT2D eigenvalue weighted by atomic mass is 79.9. The minimum atomic E-state index is -0.156. The summed E-state index contributed by atoms with van der Waals surface area (Å²) in [6.45, 7) is 1.82. The number of carbonyl (C=O) groups excluding carboxylic acids is 1. The lowest BCUT2D eigenvalue weighted by Crippen LogP contribution is -2.08. The first-order valence-electron chi connectivity index (χ1n) is 6.30. The second kappa shape index (κ2) is 6.18. The van der Waals surface area contributed by atoms with Crippen molar-refractivity contribution in [2.24, 2.45) is 0 Å². The van der Waals surface area contributed by atoms with E-state index in [0.29, 0.717) is 28.3 Å². The number of methoxy groups -OCH3 is 2. The van der Waals surface area contributed by atoms with Gasteiger partial charge in [0, 0.05) is 15.7 Å². The van der Waals surface area contributed by atoms with Crippen molar-refractivity contribution in [1.82, 2.24) is 0 Å². The van der Waals surface area contributed by atoms with Crippen molar-refractivity contribution in [3.05, 3.63) is 51.5 Å².